The molecule has 3 fully saturated rings. The smallest absolute Gasteiger partial charge is 0.254 e. The maximum Gasteiger partial charge on any atom is 0.254 e. The Morgan fingerprint density at radius 2 is 1.91 bits per heavy atom. The fourth-order valence-corrected chi connectivity index (χ4v) is 5.35. The van der Waals surface area contributed by atoms with Gasteiger partial charge in [-0.3, -0.25) is 24.8 Å². The van der Waals surface area contributed by atoms with Crippen molar-refractivity contribution in [3.63, 3.8) is 0 Å². The Morgan fingerprint density at radius 1 is 1.06 bits per heavy atom. The summed E-state index contributed by atoms with van der Waals surface area (Å²) in [6.45, 7) is 2.62. The highest BCUT2D eigenvalue weighted by Crippen LogP contribution is 2.28. The van der Waals surface area contributed by atoms with E-state index in [0.29, 0.717) is 54.4 Å². The van der Waals surface area contributed by atoms with E-state index in [2.05, 4.69) is 25.5 Å². The SMILES string of the molecule is O=C1NC(N2CCN(C(=O)c3ccc4nc(-c5ccccn5)oc4c3)CC2)NC2CCCCC12. The summed E-state index contributed by atoms with van der Waals surface area (Å²) in [5.41, 5.74) is 2.51. The first-order chi connectivity index (χ1) is 16.7. The number of nitrogens with zero attached hydrogens (tertiary/aromatic N) is 4. The summed E-state index contributed by atoms with van der Waals surface area (Å²) in [7, 11) is 0. The van der Waals surface area contributed by atoms with Crippen molar-refractivity contribution < 1.29 is 14.0 Å². The number of pyridine rings is 1. The molecule has 34 heavy (non-hydrogen) atoms. The molecule has 3 aromatic rings. The van der Waals surface area contributed by atoms with Gasteiger partial charge in [0, 0.05) is 44.0 Å². The summed E-state index contributed by atoms with van der Waals surface area (Å²) in [5.74, 6) is 0.677. The molecule has 3 unspecified atom stereocenters. The number of aromatic nitrogens is 2. The second-order valence-electron chi connectivity index (χ2n) is 9.32. The molecule has 3 aliphatic rings. The van der Waals surface area contributed by atoms with Crippen LogP contribution < -0.4 is 10.6 Å². The Morgan fingerprint density at radius 3 is 2.74 bits per heavy atom. The quantitative estimate of drug-likeness (QED) is 0.618. The molecule has 2 amide bonds. The van der Waals surface area contributed by atoms with Crippen LogP contribution in [0.1, 0.15) is 36.0 Å². The summed E-state index contributed by atoms with van der Waals surface area (Å²) in [6.07, 6.45) is 5.87. The zero-order chi connectivity index (χ0) is 23.1. The highest BCUT2D eigenvalue weighted by molar-refractivity contribution is 5.97. The molecule has 1 saturated carbocycles. The molecule has 2 N–H and O–H groups in total. The minimum absolute atomic E-state index is 0.0229. The Labute approximate surface area is 197 Å². The lowest BCUT2D eigenvalue weighted by molar-refractivity contribution is -0.134. The number of benzene rings is 1. The molecule has 9 heteroatoms. The van der Waals surface area contributed by atoms with E-state index < -0.39 is 0 Å². The summed E-state index contributed by atoms with van der Waals surface area (Å²) in [5, 5.41) is 6.78. The Kier molecular flexibility index (Phi) is 5.50. The molecule has 0 bridgehead atoms. The van der Waals surface area contributed by atoms with Gasteiger partial charge in [-0.1, -0.05) is 18.9 Å². The van der Waals surface area contributed by atoms with Gasteiger partial charge in [-0.25, -0.2) is 4.98 Å². The van der Waals surface area contributed by atoms with Crippen molar-refractivity contribution in [1.29, 1.82) is 0 Å². The van der Waals surface area contributed by atoms with Gasteiger partial charge in [0.2, 0.25) is 11.8 Å². The van der Waals surface area contributed by atoms with Crippen LogP contribution in [0.4, 0.5) is 0 Å². The summed E-state index contributed by atoms with van der Waals surface area (Å²) >= 11 is 0. The highest BCUT2D eigenvalue weighted by atomic mass is 16.3. The number of oxazole rings is 1. The number of piperazine rings is 1. The second kappa shape index (κ2) is 8.81. The van der Waals surface area contributed by atoms with Gasteiger partial charge in [0.05, 0.1) is 5.92 Å². The highest BCUT2D eigenvalue weighted by Gasteiger charge is 2.40. The average molecular weight is 461 g/mol. The first kappa shape index (κ1) is 21.2. The van der Waals surface area contributed by atoms with Crippen molar-refractivity contribution in [2.75, 3.05) is 26.2 Å². The molecule has 2 aliphatic heterocycles. The Balaban J connectivity index is 1.11. The fourth-order valence-electron chi connectivity index (χ4n) is 5.35. The lowest BCUT2D eigenvalue weighted by atomic mass is 9.82. The standard InChI is InChI=1S/C25H28N6O3/c32-22-17-5-1-2-6-18(17)28-25(29-22)31-13-11-30(12-14-31)24(33)16-8-9-19-21(15-16)34-23(27-19)20-7-3-4-10-26-20/h3-4,7-10,15,17-18,25,28H,1-2,5-6,11-14H2,(H,29,32). The summed E-state index contributed by atoms with van der Waals surface area (Å²) in [4.78, 5) is 38.6. The van der Waals surface area contributed by atoms with Gasteiger partial charge in [0.1, 0.15) is 17.5 Å². The fraction of sp³-hybridized carbons (Fsp3) is 0.440. The molecule has 0 radical (unpaired) electrons. The number of hydrogen-bond donors (Lipinski definition) is 2. The van der Waals surface area contributed by atoms with Crippen molar-refractivity contribution in [3.05, 3.63) is 48.2 Å². The monoisotopic (exact) mass is 460 g/mol. The van der Waals surface area contributed by atoms with E-state index in [1.54, 1.807) is 18.3 Å². The van der Waals surface area contributed by atoms with Crippen LogP contribution in [0.5, 0.6) is 0 Å². The van der Waals surface area contributed by atoms with Crippen LogP contribution in [0.2, 0.25) is 0 Å². The molecule has 176 valence electrons. The summed E-state index contributed by atoms with van der Waals surface area (Å²) in [6, 6.07) is 11.2. The molecular weight excluding hydrogens is 432 g/mol. The zero-order valence-electron chi connectivity index (χ0n) is 18.9. The largest absolute Gasteiger partial charge is 0.435 e. The number of carbonyl (C=O) groups excluding carboxylic acids is 2. The van der Waals surface area contributed by atoms with Gasteiger partial charge in [0.15, 0.2) is 5.58 Å². The first-order valence-electron chi connectivity index (χ1n) is 12.1. The van der Waals surface area contributed by atoms with Crippen molar-refractivity contribution >= 4 is 22.9 Å². The van der Waals surface area contributed by atoms with Crippen LogP contribution in [0.15, 0.2) is 47.0 Å². The van der Waals surface area contributed by atoms with Crippen LogP contribution >= 0.6 is 0 Å². The van der Waals surface area contributed by atoms with Gasteiger partial charge in [0.25, 0.3) is 5.91 Å². The van der Waals surface area contributed by atoms with E-state index in [-0.39, 0.29) is 30.1 Å². The maximum atomic E-state index is 13.2. The summed E-state index contributed by atoms with van der Waals surface area (Å²) < 4.78 is 5.88. The number of hydrogen-bond acceptors (Lipinski definition) is 7. The predicted molar refractivity (Wildman–Crippen MR) is 126 cm³/mol. The third-order valence-electron chi connectivity index (χ3n) is 7.24. The van der Waals surface area contributed by atoms with Gasteiger partial charge >= 0.3 is 0 Å². The van der Waals surface area contributed by atoms with Crippen LogP contribution in [0.3, 0.4) is 0 Å². The lowest BCUT2D eigenvalue weighted by Crippen LogP contribution is -2.69. The van der Waals surface area contributed by atoms with E-state index >= 15 is 0 Å². The average Bonchev–Trinajstić information content (AvgIpc) is 3.32. The molecule has 4 heterocycles. The lowest BCUT2D eigenvalue weighted by Gasteiger charge is -2.46. The molecule has 1 aliphatic carbocycles. The minimum Gasteiger partial charge on any atom is -0.435 e. The first-order valence-corrected chi connectivity index (χ1v) is 12.1. The zero-order valence-corrected chi connectivity index (χ0v) is 18.9. The van der Waals surface area contributed by atoms with E-state index in [1.807, 2.05) is 29.2 Å². The van der Waals surface area contributed by atoms with Crippen LogP contribution in [-0.2, 0) is 4.79 Å². The number of rotatable bonds is 3. The molecular formula is C25H28N6O3. The van der Waals surface area contributed by atoms with E-state index in [1.165, 1.54) is 6.42 Å². The maximum absolute atomic E-state index is 13.2. The molecule has 2 saturated heterocycles. The van der Waals surface area contributed by atoms with Crippen LogP contribution in [0, 0.1) is 5.92 Å². The second-order valence-corrected chi connectivity index (χ2v) is 9.32. The van der Waals surface area contributed by atoms with E-state index in [9.17, 15) is 9.59 Å². The van der Waals surface area contributed by atoms with Gasteiger partial charge < -0.3 is 14.6 Å². The molecule has 6 rings (SSSR count). The normalized spacial score (nSPS) is 25.7. The molecule has 1 aromatic carbocycles. The van der Waals surface area contributed by atoms with Gasteiger partial charge in [-0.05, 0) is 43.2 Å². The number of amides is 2. The molecule has 3 atom stereocenters. The Hall–Kier alpha value is -3.30. The third-order valence-corrected chi connectivity index (χ3v) is 7.24. The van der Waals surface area contributed by atoms with E-state index in [0.717, 1.165) is 19.3 Å². The van der Waals surface area contributed by atoms with Crippen LogP contribution in [-0.4, -0.2) is 70.1 Å². The molecule has 0 spiro atoms. The number of carbonyl (C=O) groups is 2. The third kappa shape index (κ3) is 3.95. The van der Waals surface area contributed by atoms with Crippen molar-refractivity contribution in [2.24, 2.45) is 5.92 Å². The van der Waals surface area contributed by atoms with Crippen molar-refractivity contribution in [1.82, 2.24) is 30.4 Å². The minimum atomic E-state index is -0.153. The van der Waals surface area contributed by atoms with Gasteiger partial charge in [-0.15, -0.1) is 0 Å². The van der Waals surface area contributed by atoms with Crippen molar-refractivity contribution in [3.8, 4) is 11.6 Å². The van der Waals surface area contributed by atoms with Gasteiger partial charge in [-0.2, -0.15) is 0 Å². The molecule has 9 nitrogen and oxygen atoms in total. The molecule has 2 aromatic heterocycles. The predicted octanol–water partition coefficient (Wildman–Crippen LogP) is 2.21. The topological polar surface area (TPSA) is 104 Å². The number of nitrogens with one attached hydrogen (secondary N) is 2. The van der Waals surface area contributed by atoms with Crippen molar-refractivity contribution in [2.45, 2.75) is 38.0 Å². The van der Waals surface area contributed by atoms with E-state index in [4.69, 9.17) is 4.42 Å². The van der Waals surface area contributed by atoms with Crippen LogP contribution in [0.25, 0.3) is 22.7 Å². The Bertz CT molecular complexity index is 1200. The number of fused-ring (bicyclic) bond motifs is 2.